The van der Waals surface area contributed by atoms with E-state index in [2.05, 4.69) is 20.5 Å². The number of nitrogens with zero attached hydrogens (tertiary/aromatic N) is 5. The number of nitrogens with one attached hydrogen (secondary N) is 1. The molecule has 1 N–H and O–H groups in total. The number of hydrogen-bond acceptors (Lipinski definition) is 5. The summed E-state index contributed by atoms with van der Waals surface area (Å²) in [6.07, 6.45) is 0.673. The van der Waals surface area contributed by atoms with Gasteiger partial charge in [0.2, 0.25) is 11.7 Å². The van der Waals surface area contributed by atoms with Crippen molar-refractivity contribution in [3.05, 3.63) is 82.8 Å². The van der Waals surface area contributed by atoms with Crippen molar-refractivity contribution in [2.24, 2.45) is 0 Å². The van der Waals surface area contributed by atoms with Crippen LogP contribution in [-0.4, -0.2) is 30.5 Å². The van der Waals surface area contributed by atoms with E-state index >= 15 is 0 Å². The van der Waals surface area contributed by atoms with Gasteiger partial charge in [-0.3, -0.25) is 9.48 Å². The molecule has 0 saturated carbocycles. The summed E-state index contributed by atoms with van der Waals surface area (Å²) in [5.41, 5.74) is -1.10. The third kappa shape index (κ3) is 4.70. The van der Waals surface area contributed by atoms with Crippen LogP contribution in [0.3, 0.4) is 0 Å². The molecule has 0 aliphatic rings. The predicted molar refractivity (Wildman–Crippen MR) is 121 cm³/mol. The van der Waals surface area contributed by atoms with Crippen LogP contribution in [-0.2, 0) is 17.9 Å². The molecule has 0 aliphatic heterocycles. The number of aromatic nitrogens is 5. The Bertz CT molecular complexity index is 1680. The second kappa shape index (κ2) is 9.89. The molecule has 0 fully saturated rings. The van der Waals surface area contributed by atoms with Crippen molar-refractivity contribution < 1.29 is 39.9 Å². The van der Waals surface area contributed by atoms with Crippen molar-refractivity contribution in [3.63, 3.8) is 0 Å². The molecule has 1 amide bonds. The van der Waals surface area contributed by atoms with Crippen LogP contribution in [0.15, 0.2) is 41.3 Å². The number of benzene rings is 1. The van der Waals surface area contributed by atoms with Gasteiger partial charge in [0.05, 0.1) is 41.3 Å². The van der Waals surface area contributed by atoms with Crippen LogP contribution in [0.2, 0.25) is 0 Å². The molecule has 4 heterocycles. The highest BCUT2D eigenvalue weighted by molar-refractivity contribution is 5.92. The molecule has 8 nitrogen and oxygen atoms in total. The molecule has 0 unspecified atom stereocenters. The van der Waals surface area contributed by atoms with E-state index in [0.717, 1.165) is 21.8 Å². The van der Waals surface area contributed by atoms with Gasteiger partial charge in [-0.1, -0.05) is 0 Å². The fourth-order valence-electron chi connectivity index (χ4n) is 4.02. The lowest BCUT2D eigenvalue weighted by molar-refractivity contribution is -0.116. The molecular formula is C24H15F7N6O2. The quantitative estimate of drug-likeness (QED) is 0.163. The van der Waals surface area contributed by atoms with Crippen molar-refractivity contribution in [3.8, 4) is 11.5 Å². The standard InChI is InChI=1S/C24H15F7N6O2/c1-10-17-12(23(30)31)5-14(15-3-2-4-39-15)34-24(17)37(35-10)9-16(38)33-11-6-32-36(7-11)8-13-18(25)20(27)22(29)21(28)19(13)26/h2-7,23H,8-9H2,1H3,(H,33,38). The smallest absolute Gasteiger partial charge is 0.264 e. The molecule has 5 rings (SSSR count). The van der Waals surface area contributed by atoms with E-state index in [-0.39, 0.29) is 39.4 Å². The van der Waals surface area contributed by atoms with Gasteiger partial charge in [0, 0.05) is 11.8 Å². The van der Waals surface area contributed by atoms with E-state index in [1.165, 1.54) is 25.3 Å². The number of alkyl halides is 2. The van der Waals surface area contributed by atoms with E-state index in [0.29, 0.717) is 0 Å². The number of carbonyl (C=O) groups excluding carboxylic acids is 1. The second-order valence-corrected chi connectivity index (χ2v) is 8.34. The Labute approximate surface area is 213 Å². The Hall–Kier alpha value is -4.69. The minimum absolute atomic E-state index is 0.00820. The summed E-state index contributed by atoms with van der Waals surface area (Å²) in [4.78, 5) is 17.1. The lowest BCUT2D eigenvalue weighted by Crippen LogP contribution is -2.19. The predicted octanol–water partition coefficient (Wildman–Crippen LogP) is 5.52. The van der Waals surface area contributed by atoms with Gasteiger partial charge >= 0.3 is 0 Å². The van der Waals surface area contributed by atoms with Crippen LogP contribution in [0.1, 0.15) is 23.2 Å². The zero-order valence-electron chi connectivity index (χ0n) is 19.7. The molecule has 0 atom stereocenters. The summed E-state index contributed by atoms with van der Waals surface area (Å²) in [5.74, 6) is -10.9. The zero-order valence-corrected chi connectivity index (χ0v) is 19.7. The van der Waals surface area contributed by atoms with Gasteiger partial charge in [-0.15, -0.1) is 0 Å². The topological polar surface area (TPSA) is 90.8 Å². The third-order valence-electron chi connectivity index (χ3n) is 5.75. The number of carbonyl (C=O) groups is 1. The molecular weight excluding hydrogens is 537 g/mol. The van der Waals surface area contributed by atoms with Crippen molar-refractivity contribution in [2.45, 2.75) is 26.4 Å². The number of aryl methyl sites for hydroxylation is 1. The zero-order chi connectivity index (χ0) is 28.0. The van der Waals surface area contributed by atoms with E-state index < -0.39 is 60.1 Å². The molecule has 202 valence electrons. The Morgan fingerprint density at radius 1 is 1.08 bits per heavy atom. The van der Waals surface area contributed by atoms with Crippen molar-refractivity contribution in [1.82, 2.24) is 24.5 Å². The normalized spacial score (nSPS) is 11.6. The molecule has 0 spiro atoms. The molecule has 0 bridgehead atoms. The number of amides is 1. The fraction of sp³-hybridized carbons (Fsp3) is 0.167. The Kier molecular flexibility index (Phi) is 6.57. The maximum atomic E-state index is 14.0. The summed E-state index contributed by atoms with van der Waals surface area (Å²) in [5, 5.41) is 10.4. The van der Waals surface area contributed by atoms with Crippen molar-refractivity contribution in [1.29, 1.82) is 0 Å². The highest BCUT2D eigenvalue weighted by Crippen LogP contribution is 2.33. The molecule has 0 radical (unpaired) electrons. The first-order valence-corrected chi connectivity index (χ1v) is 11.1. The number of furan rings is 1. The van der Waals surface area contributed by atoms with Crippen LogP contribution in [0.4, 0.5) is 36.4 Å². The first-order valence-electron chi connectivity index (χ1n) is 11.1. The first-order chi connectivity index (χ1) is 18.5. The molecule has 4 aromatic heterocycles. The average molecular weight is 552 g/mol. The van der Waals surface area contributed by atoms with Gasteiger partial charge in [0.25, 0.3) is 6.43 Å². The Morgan fingerprint density at radius 3 is 2.41 bits per heavy atom. The fourth-order valence-corrected chi connectivity index (χ4v) is 4.02. The summed E-state index contributed by atoms with van der Waals surface area (Å²) in [6.45, 7) is 0.200. The van der Waals surface area contributed by atoms with E-state index in [9.17, 15) is 35.5 Å². The number of rotatable bonds is 7. The van der Waals surface area contributed by atoms with Crippen LogP contribution in [0, 0.1) is 36.0 Å². The van der Waals surface area contributed by atoms with Gasteiger partial charge in [-0.25, -0.2) is 40.4 Å². The van der Waals surface area contributed by atoms with E-state index in [4.69, 9.17) is 4.42 Å². The molecule has 1 aromatic carbocycles. The van der Waals surface area contributed by atoms with Crippen LogP contribution in [0.25, 0.3) is 22.5 Å². The lowest BCUT2D eigenvalue weighted by Gasteiger charge is -2.08. The highest BCUT2D eigenvalue weighted by Gasteiger charge is 2.26. The summed E-state index contributed by atoms with van der Waals surface area (Å²) in [7, 11) is 0. The molecule has 5 aromatic rings. The van der Waals surface area contributed by atoms with Gasteiger partial charge in [0.15, 0.2) is 34.7 Å². The maximum Gasteiger partial charge on any atom is 0.264 e. The summed E-state index contributed by atoms with van der Waals surface area (Å²) >= 11 is 0. The SMILES string of the molecule is Cc1nn(CC(=O)Nc2cnn(Cc3c(F)c(F)c(F)c(F)c3F)c2)c2nc(-c3ccco3)cc(C(F)F)c12. The van der Waals surface area contributed by atoms with E-state index in [1.807, 2.05) is 0 Å². The van der Waals surface area contributed by atoms with Gasteiger partial charge in [0.1, 0.15) is 12.2 Å². The largest absolute Gasteiger partial charge is 0.463 e. The van der Waals surface area contributed by atoms with Crippen LogP contribution in [0.5, 0.6) is 0 Å². The lowest BCUT2D eigenvalue weighted by atomic mass is 10.1. The number of fused-ring (bicyclic) bond motifs is 1. The van der Waals surface area contributed by atoms with Gasteiger partial charge in [-0.2, -0.15) is 10.2 Å². The molecule has 0 aliphatic carbocycles. The Morgan fingerprint density at radius 2 is 1.77 bits per heavy atom. The minimum atomic E-state index is -2.86. The molecule has 39 heavy (non-hydrogen) atoms. The van der Waals surface area contributed by atoms with E-state index in [1.54, 1.807) is 6.07 Å². The average Bonchev–Trinajstić information content (AvgIpc) is 3.65. The number of pyridine rings is 1. The first kappa shape index (κ1) is 25.9. The van der Waals surface area contributed by atoms with Gasteiger partial charge in [-0.05, 0) is 25.1 Å². The monoisotopic (exact) mass is 552 g/mol. The summed E-state index contributed by atoms with van der Waals surface area (Å²) < 4.78 is 103. The number of anilines is 1. The number of halogens is 7. The maximum absolute atomic E-state index is 14.0. The minimum Gasteiger partial charge on any atom is -0.463 e. The second-order valence-electron chi connectivity index (χ2n) is 8.34. The molecule has 0 saturated heterocycles. The van der Waals surface area contributed by atoms with Gasteiger partial charge < -0.3 is 9.73 Å². The number of hydrogen-bond donors (Lipinski definition) is 1. The Balaban J connectivity index is 1.38. The summed E-state index contributed by atoms with van der Waals surface area (Å²) in [6, 6.07) is 4.28. The third-order valence-corrected chi connectivity index (χ3v) is 5.75. The molecule has 15 heteroatoms. The van der Waals surface area contributed by atoms with Crippen LogP contribution < -0.4 is 5.32 Å². The van der Waals surface area contributed by atoms with Crippen molar-refractivity contribution in [2.75, 3.05) is 5.32 Å². The van der Waals surface area contributed by atoms with Crippen molar-refractivity contribution >= 4 is 22.6 Å². The van der Waals surface area contributed by atoms with Crippen LogP contribution >= 0.6 is 0 Å². The highest BCUT2D eigenvalue weighted by atomic mass is 19.3.